The molecule has 16 heavy (non-hydrogen) atoms. The summed E-state index contributed by atoms with van der Waals surface area (Å²) in [5, 5.41) is 11.3. The van der Waals surface area contributed by atoms with Gasteiger partial charge in [-0.25, -0.2) is 4.39 Å². The summed E-state index contributed by atoms with van der Waals surface area (Å²) in [4.78, 5) is 11.2. The van der Waals surface area contributed by atoms with E-state index in [1.807, 2.05) is 0 Å². The summed E-state index contributed by atoms with van der Waals surface area (Å²) >= 11 is 0. The van der Waals surface area contributed by atoms with Crippen molar-refractivity contribution in [3.63, 3.8) is 0 Å². The van der Waals surface area contributed by atoms with Crippen molar-refractivity contribution in [1.82, 2.24) is 5.32 Å². The van der Waals surface area contributed by atoms with Gasteiger partial charge >= 0.3 is 0 Å². The van der Waals surface area contributed by atoms with Gasteiger partial charge in [-0.15, -0.1) is 0 Å². The Morgan fingerprint density at radius 2 is 2.00 bits per heavy atom. The van der Waals surface area contributed by atoms with Gasteiger partial charge in [0.2, 0.25) is 5.91 Å². The summed E-state index contributed by atoms with van der Waals surface area (Å²) in [7, 11) is 0. The SMILES string of the molecule is O=C(CCCO)NCCc1ccc(F)cc1. The van der Waals surface area contributed by atoms with Crippen LogP contribution < -0.4 is 5.32 Å². The van der Waals surface area contributed by atoms with Crippen LogP contribution in [0.3, 0.4) is 0 Å². The van der Waals surface area contributed by atoms with E-state index in [2.05, 4.69) is 5.32 Å². The van der Waals surface area contributed by atoms with E-state index in [0.29, 0.717) is 25.8 Å². The van der Waals surface area contributed by atoms with Crippen molar-refractivity contribution < 1.29 is 14.3 Å². The number of benzene rings is 1. The fraction of sp³-hybridized carbons (Fsp3) is 0.417. The number of carbonyl (C=O) groups is 1. The number of hydrogen-bond acceptors (Lipinski definition) is 2. The lowest BCUT2D eigenvalue weighted by Crippen LogP contribution is -2.25. The van der Waals surface area contributed by atoms with E-state index in [9.17, 15) is 9.18 Å². The molecule has 0 aliphatic carbocycles. The van der Waals surface area contributed by atoms with E-state index in [4.69, 9.17) is 5.11 Å². The standard InChI is InChI=1S/C12H16FNO2/c13-11-5-3-10(4-6-11)7-8-14-12(16)2-1-9-15/h3-6,15H,1-2,7-9H2,(H,14,16). The Morgan fingerprint density at radius 1 is 1.31 bits per heavy atom. The molecule has 1 aromatic carbocycles. The first-order chi connectivity index (χ1) is 7.72. The minimum atomic E-state index is -0.254. The van der Waals surface area contributed by atoms with Gasteiger partial charge < -0.3 is 10.4 Å². The summed E-state index contributed by atoms with van der Waals surface area (Å²) in [6, 6.07) is 6.22. The normalized spacial score (nSPS) is 10.1. The molecule has 0 saturated heterocycles. The molecule has 1 aromatic rings. The molecule has 0 radical (unpaired) electrons. The van der Waals surface area contributed by atoms with Crippen LogP contribution in [0.4, 0.5) is 4.39 Å². The maximum atomic E-state index is 12.6. The Kier molecular flexibility index (Phi) is 5.50. The van der Waals surface area contributed by atoms with E-state index in [1.54, 1.807) is 12.1 Å². The van der Waals surface area contributed by atoms with Crippen LogP contribution in [0.5, 0.6) is 0 Å². The van der Waals surface area contributed by atoms with E-state index in [0.717, 1.165) is 5.56 Å². The minimum absolute atomic E-state index is 0.0331. The van der Waals surface area contributed by atoms with Crippen molar-refractivity contribution >= 4 is 5.91 Å². The zero-order valence-electron chi connectivity index (χ0n) is 9.08. The number of rotatable bonds is 6. The molecule has 0 aliphatic heterocycles. The van der Waals surface area contributed by atoms with E-state index < -0.39 is 0 Å². The Balaban J connectivity index is 2.20. The van der Waals surface area contributed by atoms with Crippen LogP contribution in [0.1, 0.15) is 18.4 Å². The van der Waals surface area contributed by atoms with Gasteiger partial charge in [0, 0.05) is 19.6 Å². The van der Waals surface area contributed by atoms with Gasteiger partial charge in [-0.2, -0.15) is 0 Å². The molecular formula is C12H16FNO2. The monoisotopic (exact) mass is 225 g/mol. The smallest absolute Gasteiger partial charge is 0.220 e. The van der Waals surface area contributed by atoms with Gasteiger partial charge in [-0.1, -0.05) is 12.1 Å². The zero-order valence-corrected chi connectivity index (χ0v) is 9.08. The topological polar surface area (TPSA) is 49.3 Å². The van der Waals surface area contributed by atoms with Crippen LogP contribution in [0, 0.1) is 5.82 Å². The lowest BCUT2D eigenvalue weighted by atomic mass is 10.1. The third kappa shape index (κ3) is 4.89. The number of amides is 1. The number of carbonyl (C=O) groups excluding carboxylic acids is 1. The fourth-order valence-electron chi connectivity index (χ4n) is 1.33. The Morgan fingerprint density at radius 3 is 2.62 bits per heavy atom. The highest BCUT2D eigenvalue weighted by molar-refractivity contribution is 5.75. The molecule has 2 N–H and O–H groups in total. The first-order valence-electron chi connectivity index (χ1n) is 5.34. The third-order valence-corrected chi connectivity index (χ3v) is 2.21. The highest BCUT2D eigenvalue weighted by Crippen LogP contribution is 2.02. The Labute approximate surface area is 94.3 Å². The summed E-state index contributed by atoms with van der Waals surface area (Å²) in [5.74, 6) is -0.313. The quantitative estimate of drug-likeness (QED) is 0.765. The average molecular weight is 225 g/mol. The Bertz CT molecular complexity index is 324. The van der Waals surface area contributed by atoms with Gasteiger partial charge in [-0.3, -0.25) is 4.79 Å². The third-order valence-electron chi connectivity index (χ3n) is 2.21. The molecule has 0 spiro atoms. The second-order valence-electron chi connectivity index (χ2n) is 3.55. The summed E-state index contributed by atoms with van der Waals surface area (Å²) in [6.45, 7) is 0.571. The number of aliphatic hydroxyl groups is 1. The molecule has 0 atom stereocenters. The lowest BCUT2D eigenvalue weighted by Gasteiger charge is -2.04. The largest absolute Gasteiger partial charge is 0.396 e. The van der Waals surface area contributed by atoms with Crippen LogP contribution in [0.15, 0.2) is 24.3 Å². The molecule has 4 heteroatoms. The first kappa shape index (κ1) is 12.6. The molecule has 1 amide bonds. The molecule has 0 fully saturated rings. The first-order valence-corrected chi connectivity index (χ1v) is 5.34. The maximum Gasteiger partial charge on any atom is 0.220 e. The molecule has 0 aromatic heterocycles. The number of nitrogens with one attached hydrogen (secondary N) is 1. The molecular weight excluding hydrogens is 209 g/mol. The number of hydrogen-bond donors (Lipinski definition) is 2. The van der Waals surface area contributed by atoms with E-state index >= 15 is 0 Å². The molecule has 0 unspecified atom stereocenters. The number of halogens is 1. The number of aliphatic hydroxyl groups excluding tert-OH is 1. The van der Waals surface area contributed by atoms with Crippen LogP contribution in [-0.4, -0.2) is 24.2 Å². The van der Waals surface area contributed by atoms with Crippen LogP contribution in [0.2, 0.25) is 0 Å². The average Bonchev–Trinajstić information content (AvgIpc) is 2.29. The molecule has 88 valence electrons. The predicted octanol–water partition coefficient (Wildman–Crippen LogP) is 1.26. The van der Waals surface area contributed by atoms with Crippen LogP contribution >= 0.6 is 0 Å². The van der Waals surface area contributed by atoms with Gasteiger partial charge in [0.05, 0.1) is 0 Å². The zero-order chi connectivity index (χ0) is 11.8. The molecule has 0 heterocycles. The van der Waals surface area contributed by atoms with Crippen molar-refractivity contribution in [2.24, 2.45) is 0 Å². The van der Waals surface area contributed by atoms with Gasteiger partial charge in [0.1, 0.15) is 5.82 Å². The van der Waals surface area contributed by atoms with Gasteiger partial charge in [0.15, 0.2) is 0 Å². The molecule has 1 rings (SSSR count). The second-order valence-corrected chi connectivity index (χ2v) is 3.55. The van der Waals surface area contributed by atoms with Crippen molar-refractivity contribution in [3.05, 3.63) is 35.6 Å². The minimum Gasteiger partial charge on any atom is -0.396 e. The van der Waals surface area contributed by atoms with Crippen molar-refractivity contribution in [3.8, 4) is 0 Å². The van der Waals surface area contributed by atoms with Gasteiger partial charge in [-0.05, 0) is 30.5 Å². The Hall–Kier alpha value is -1.42. The fourth-order valence-corrected chi connectivity index (χ4v) is 1.33. The highest BCUT2D eigenvalue weighted by atomic mass is 19.1. The van der Waals surface area contributed by atoms with Crippen molar-refractivity contribution in [2.75, 3.05) is 13.2 Å². The summed E-state index contributed by atoms with van der Waals surface area (Å²) in [6.07, 6.45) is 1.52. The maximum absolute atomic E-state index is 12.6. The summed E-state index contributed by atoms with van der Waals surface area (Å²) in [5.41, 5.74) is 0.990. The van der Waals surface area contributed by atoms with E-state index in [1.165, 1.54) is 12.1 Å². The van der Waals surface area contributed by atoms with Crippen molar-refractivity contribution in [1.29, 1.82) is 0 Å². The highest BCUT2D eigenvalue weighted by Gasteiger charge is 2.00. The molecule has 3 nitrogen and oxygen atoms in total. The van der Waals surface area contributed by atoms with Crippen molar-refractivity contribution in [2.45, 2.75) is 19.3 Å². The lowest BCUT2D eigenvalue weighted by molar-refractivity contribution is -0.121. The second kappa shape index (κ2) is 6.95. The molecule has 0 saturated carbocycles. The van der Waals surface area contributed by atoms with Crippen LogP contribution in [0.25, 0.3) is 0 Å². The summed E-state index contributed by atoms with van der Waals surface area (Å²) < 4.78 is 12.6. The van der Waals surface area contributed by atoms with E-state index in [-0.39, 0.29) is 18.3 Å². The molecule has 0 bridgehead atoms. The van der Waals surface area contributed by atoms with Gasteiger partial charge in [0.25, 0.3) is 0 Å². The molecule has 0 aliphatic rings. The predicted molar refractivity (Wildman–Crippen MR) is 59.4 cm³/mol. The van der Waals surface area contributed by atoms with Crippen LogP contribution in [-0.2, 0) is 11.2 Å².